The first-order valence-corrected chi connectivity index (χ1v) is 12.8. The van der Waals surface area contributed by atoms with Gasteiger partial charge in [0, 0.05) is 38.9 Å². The molecule has 33 heavy (non-hydrogen) atoms. The predicted octanol–water partition coefficient (Wildman–Crippen LogP) is 3.51. The number of ether oxygens (including phenoxy) is 1. The van der Waals surface area contributed by atoms with Crippen LogP contribution in [0.1, 0.15) is 36.5 Å². The smallest absolute Gasteiger partial charge is 0.335 e. The quantitative estimate of drug-likeness (QED) is 0.480. The summed E-state index contributed by atoms with van der Waals surface area (Å²) in [5, 5.41) is 9.42. The number of nitrogens with zero attached hydrogens (tertiary/aromatic N) is 2. The van der Waals surface area contributed by atoms with Gasteiger partial charge in [-0.15, -0.1) is 0 Å². The van der Waals surface area contributed by atoms with E-state index in [-0.39, 0.29) is 16.1 Å². The monoisotopic (exact) mass is 475 g/mol. The van der Waals surface area contributed by atoms with Gasteiger partial charge in [0.2, 0.25) is 0 Å². The lowest BCUT2D eigenvalue weighted by Gasteiger charge is -2.38. The lowest BCUT2D eigenvalue weighted by Crippen LogP contribution is -2.44. The Bertz CT molecular complexity index is 1020. The fourth-order valence-corrected chi connectivity index (χ4v) is 5.21. The first-order chi connectivity index (χ1) is 15.8. The van der Waals surface area contributed by atoms with Crippen molar-refractivity contribution in [2.75, 3.05) is 49.5 Å². The molecule has 0 bridgehead atoms. The molecular weight excluding hydrogens is 442 g/mol. The van der Waals surface area contributed by atoms with Crippen molar-refractivity contribution in [3.63, 3.8) is 0 Å². The lowest BCUT2D eigenvalue weighted by atomic mass is 10.0. The molecule has 0 radical (unpaired) electrons. The standard InChI is InChI=1S/C24H33N3O5S/c1-3-32-17-7-14-26(2)20-12-15-27(16-13-20)23-11-10-19(24(28)29)18-22(23)25-33(30,31)21-8-5-4-6-9-21/h4-6,8-11,18,20,25H,3,7,12-17H2,1-2H3,(H,28,29). The number of nitrogens with one attached hydrogen (secondary N) is 1. The summed E-state index contributed by atoms with van der Waals surface area (Å²) in [6, 6.07) is 13.1. The van der Waals surface area contributed by atoms with Gasteiger partial charge in [-0.3, -0.25) is 4.72 Å². The molecule has 180 valence electrons. The molecule has 0 saturated carbocycles. The van der Waals surface area contributed by atoms with Crippen molar-refractivity contribution in [1.29, 1.82) is 0 Å². The van der Waals surface area contributed by atoms with Crippen LogP contribution in [0.2, 0.25) is 0 Å². The molecular formula is C24H33N3O5S. The second kappa shape index (κ2) is 11.5. The maximum absolute atomic E-state index is 12.9. The number of sulfonamides is 1. The van der Waals surface area contributed by atoms with Gasteiger partial charge in [0.1, 0.15) is 0 Å². The fourth-order valence-electron chi connectivity index (χ4n) is 4.12. The minimum absolute atomic E-state index is 0.0356. The Morgan fingerprint density at radius 3 is 2.52 bits per heavy atom. The molecule has 2 N–H and O–H groups in total. The highest BCUT2D eigenvalue weighted by Crippen LogP contribution is 2.32. The highest BCUT2D eigenvalue weighted by Gasteiger charge is 2.25. The highest BCUT2D eigenvalue weighted by atomic mass is 32.2. The number of carboxylic acid groups (broad SMARTS) is 1. The molecule has 1 aliphatic heterocycles. The van der Waals surface area contributed by atoms with Crippen LogP contribution >= 0.6 is 0 Å². The third-order valence-corrected chi connectivity index (χ3v) is 7.35. The maximum Gasteiger partial charge on any atom is 0.335 e. The van der Waals surface area contributed by atoms with E-state index in [1.54, 1.807) is 24.3 Å². The molecule has 3 rings (SSSR count). The van der Waals surface area contributed by atoms with E-state index in [1.165, 1.54) is 24.3 Å². The predicted molar refractivity (Wildman–Crippen MR) is 130 cm³/mol. The Morgan fingerprint density at radius 2 is 1.88 bits per heavy atom. The van der Waals surface area contributed by atoms with Gasteiger partial charge in [-0.25, -0.2) is 13.2 Å². The number of hydrogen-bond acceptors (Lipinski definition) is 6. The van der Waals surface area contributed by atoms with Crippen molar-refractivity contribution < 1.29 is 23.1 Å². The minimum atomic E-state index is -3.85. The molecule has 0 amide bonds. The zero-order chi connectivity index (χ0) is 23.8. The van der Waals surface area contributed by atoms with Gasteiger partial charge in [-0.1, -0.05) is 18.2 Å². The number of carboxylic acids is 1. The van der Waals surface area contributed by atoms with Crippen LogP contribution in [-0.2, 0) is 14.8 Å². The highest BCUT2D eigenvalue weighted by molar-refractivity contribution is 7.92. The normalized spacial score (nSPS) is 15.1. The molecule has 2 aromatic carbocycles. The Labute approximate surface area is 196 Å². The number of carbonyl (C=O) groups is 1. The molecule has 0 aromatic heterocycles. The molecule has 0 unspecified atom stereocenters. The van der Waals surface area contributed by atoms with Crippen molar-refractivity contribution in [3.8, 4) is 0 Å². The molecule has 0 aliphatic carbocycles. The van der Waals surface area contributed by atoms with Crippen LogP contribution < -0.4 is 9.62 Å². The van der Waals surface area contributed by atoms with Crippen molar-refractivity contribution in [2.45, 2.75) is 37.1 Å². The van der Waals surface area contributed by atoms with E-state index in [9.17, 15) is 18.3 Å². The van der Waals surface area contributed by atoms with Crippen molar-refractivity contribution in [1.82, 2.24) is 4.90 Å². The van der Waals surface area contributed by atoms with Crippen LogP contribution in [-0.4, -0.2) is 70.3 Å². The average molecular weight is 476 g/mol. The Hall–Kier alpha value is -2.62. The zero-order valence-corrected chi connectivity index (χ0v) is 20.1. The molecule has 0 atom stereocenters. The molecule has 1 saturated heterocycles. The van der Waals surface area contributed by atoms with Crippen LogP contribution in [0.3, 0.4) is 0 Å². The summed E-state index contributed by atoms with van der Waals surface area (Å²) < 4.78 is 33.9. The van der Waals surface area contributed by atoms with E-state index in [1.807, 2.05) is 6.92 Å². The summed E-state index contributed by atoms with van der Waals surface area (Å²) in [7, 11) is -1.71. The molecule has 0 spiro atoms. The largest absolute Gasteiger partial charge is 0.478 e. The lowest BCUT2D eigenvalue weighted by molar-refractivity contribution is 0.0697. The number of rotatable bonds is 11. The Balaban J connectivity index is 1.74. The summed E-state index contributed by atoms with van der Waals surface area (Å²) >= 11 is 0. The minimum Gasteiger partial charge on any atom is -0.478 e. The van der Waals surface area contributed by atoms with Crippen molar-refractivity contribution >= 4 is 27.4 Å². The molecule has 8 nitrogen and oxygen atoms in total. The number of anilines is 2. The van der Waals surface area contributed by atoms with E-state index in [4.69, 9.17) is 4.74 Å². The van der Waals surface area contributed by atoms with E-state index < -0.39 is 16.0 Å². The van der Waals surface area contributed by atoms with Crippen LogP contribution in [0.25, 0.3) is 0 Å². The van der Waals surface area contributed by atoms with Gasteiger partial charge >= 0.3 is 5.97 Å². The first-order valence-electron chi connectivity index (χ1n) is 11.3. The fraction of sp³-hybridized carbons (Fsp3) is 0.458. The van der Waals surface area contributed by atoms with Gasteiger partial charge in [0.05, 0.1) is 21.8 Å². The van der Waals surface area contributed by atoms with E-state index in [0.717, 1.165) is 52.1 Å². The molecule has 1 aliphatic rings. The number of hydrogen-bond donors (Lipinski definition) is 2. The maximum atomic E-state index is 12.9. The Kier molecular flexibility index (Phi) is 8.71. The van der Waals surface area contributed by atoms with Gasteiger partial charge in [-0.2, -0.15) is 0 Å². The van der Waals surface area contributed by atoms with Crippen LogP contribution in [0.4, 0.5) is 11.4 Å². The Morgan fingerprint density at radius 1 is 1.18 bits per heavy atom. The summed E-state index contributed by atoms with van der Waals surface area (Å²) in [6.45, 7) is 5.98. The number of piperidine rings is 1. The van der Waals surface area contributed by atoms with Crippen LogP contribution in [0.5, 0.6) is 0 Å². The SMILES string of the molecule is CCOCCCN(C)C1CCN(c2ccc(C(=O)O)cc2NS(=O)(=O)c2ccccc2)CC1. The second-order valence-corrected chi connectivity index (χ2v) is 9.89. The van der Waals surface area contributed by atoms with Gasteiger partial charge in [-0.05, 0) is 63.6 Å². The molecule has 1 heterocycles. The first kappa shape index (κ1) is 25.0. The second-order valence-electron chi connectivity index (χ2n) is 8.20. The topological polar surface area (TPSA) is 99.2 Å². The zero-order valence-electron chi connectivity index (χ0n) is 19.2. The van der Waals surface area contributed by atoms with Gasteiger partial charge < -0.3 is 19.6 Å². The summed E-state index contributed by atoms with van der Waals surface area (Å²) in [6.07, 6.45) is 2.88. The summed E-state index contributed by atoms with van der Waals surface area (Å²) in [4.78, 5) is 16.1. The molecule has 1 fully saturated rings. The van der Waals surface area contributed by atoms with E-state index >= 15 is 0 Å². The third-order valence-electron chi connectivity index (χ3n) is 5.97. The molecule has 2 aromatic rings. The third kappa shape index (κ3) is 6.69. The van der Waals surface area contributed by atoms with Gasteiger partial charge in [0.25, 0.3) is 10.0 Å². The van der Waals surface area contributed by atoms with Crippen molar-refractivity contribution in [3.05, 3.63) is 54.1 Å². The van der Waals surface area contributed by atoms with E-state index in [2.05, 4.69) is 21.6 Å². The van der Waals surface area contributed by atoms with Crippen molar-refractivity contribution in [2.24, 2.45) is 0 Å². The van der Waals surface area contributed by atoms with E-state index in [0.29, 0.717) is 11.7 Å². The number of aromatic carboxylic acids is 1. The molecule has 9 heteroatoms. The average Bonchev–Trinajstić information content (AvgIpc) is 2.82. The van der Waals surface area contributed by atoms with Gasteiger partial charge in [0.15, 0.2) is 0 Å². The summed E-state index contributed by atoms with van der Waals surface area (Å²) in [5.41, 5.74) is 1.01. The van der Waals surface area contributed by atoms with Crippen LogP contribution in [0.15, 0.2) is 53.4 Å². The summed E-state index contributed by atoms with van der Waals surface area (Å²) in [5.74, 6) is -1.10. The van der Waals surface area contributed by atoms with Crippen LogP contribution in [0, 0.1) is 0 Å². The number of benzene rings is 2.